The Kier molecular flexibility index (Phi) is 6.89. The van der Waals surface area contributed by atoms with Gasteiger partial charge in [-0.15, -0.1) is 0 Å². The Balaban J connectivity index is 2.02. The van der Waals surface area contributed by atoms with E-state index in [0.29, 0.717) is 22.7 Å². The molecule has 8 heteroatoms. The standard InChI is InChI=1S/C24H25ClN2O5/c1-6-15(4)32-21-19(25)11-16(12-20(21)31-5)10-18-22(28)26-24(30)27(23(18)29)17-8-7-13(2)14(3)9-17/h7-12,15H,6H2,1-5H3,(H,26,28,30)/b18-10+/t15-/m1/s1. The van der Waals surface area contributed by atoms with Crippen molar-refractivity contribution in [3.8, 4) is 11.5 Å². The van der Waals surface area contributed by atoms with Crippen LogP contribution in [0.2, 0.25) is 5.02 Å². The molecule has 0 aromatic heterocycles. The number of urea groups is 1. The Labute approximate surface area is 191 Å². The number of nitrogens with zero attached hydrogens (tertiary/aromatic N) is 1. The highest BCUT2D eigenvalue weighted by atomic mass is 35.5. The van der Waals surface area contributed by atoms with Crippen molar-refractivity contribution in [1.82, 2.24) is 5.32 Å². The van der Waals surface area contributed by atoms with Gasteiger partial charge in [0, 0.05) is 0 Å². The topological polar surface area (TPSA) is 84.9 Å². The number of nitrogens with one attached hydrogen (secondary N) is 1. The number of ether oxygens (including phenoxy) is 2. The number of rotatable bonds is 6. The van der Waals surface area contributed by atoms with Crippen molar-refractivity contribution in [1.29, 1.82) is 0 Å². The second kappa shape index (κ2) is 9.44. The molecular formula is C24H25ClN2O5. The first-order valence-corrected chi connectivity index (χ1v) is 10.6. The van der Waals surface area contributed by atoms with Gasteiger partial charge in [-0.25, -0.2) is 9.69 Å². The van der Waals surface area contributed by atoms with Crippen LogP contribution in [0.15, 0.2) is 35.9 Å². The van der Waals surface area contributed by atoms with Crippen LogP contribution in [0.25, 0.3) is 6.08 Å². The van der Waals surface area contributed by atoms with Crippen LogP contribution >= 0.6 is 11.6 Å². The highest BCUT2D eigenvalue weighted by molar-refractivity contribution is 6.39. The molecule has 0 unspecified atom stereocenters. The molecular weight excluding hydrogens is 432 g/mol. The van der Waals surface area contributed by atoms with Crippen LogP contribution in [0, 0.1) is 13.8 Å². The van der Waals surface area contributed by atoms with E-state index in [9.17, 15) is 14.4 Å². The van der Waals surface area contributed by atoms with E-state index in [1.807, 2.05) is 33.8 Å². The molecule has 2 aromatic rings. The quantitative estimate of drug-likeness (QED) is 0.498. The largest absolute Gasteiger partial charge is 0.493 e. The minimum absolute atomic E-state index is 0.0751. The van der Waals surface area contributed by atoms with Crippen molar-refractivity contribution in [2.45, 2.75) is 40.2 Å². The van der Waals surface area contributed by atoms with Crippen molar-refractivity contribution >= 4 is 41.2 Å². The van der Waals surface area contributed by atoms with Crippen molar-refractivity contribution in [2.75, 3.05) is 12.0 Å². The molecule has 1 aliphatic heterocycles. The Morgan fingerprint density at radius 3 is 2.47 bits per heavy atom. The Bertz CT molecular complexity index is 1130. The number of aryl methyl sites for hydroxylation is 2. The number of hydrogen-bond acceptors (Lipinski definition) is 5. The zero-order valence-corrected chi connectivity index (χ0v) is 19.4. The van der Waals surface area contributed by atoms with E-state index in [-0.39, 0.29) is 16.7 Å². The van der Waals surface area contributed by atoms with Gasteiger partial charge in [-0.3, -0.25) is 14.9 Å². The molecule has 1 saturated heterocycles. The van der Waals surface area contributed by atoms with E-state index in [1.54, 1.807) is 24.3 Å². The lowest BCUT2D eigenvalue weighted by molar-refractivity contribution is -0.122. The van der Waals surface area contributed by atoms with Crippen molar-refractivity contribution in [2.24, 2.45) is 0 Å². The third-order valence-electron chi connectivity index (χ3n) is 5.31. The number of anilines is 1. The first kappa shape index (κ1) is 23.3. The number of carbonyl (C=O) groups is 3. The fraction of sp³-hybridized carbons (Fsp3) is 0.292. The van der Waals surface area contributed by atoms with Gasteiger partial charge in [-0.1, -0.05) is 24.6 Å². The summed E-state index contributed by atoms with van der Waals surface area (Å²) >= 11 is 6.40. The Morgan fingerprint density at radius 1 is 1.12 bits per heavy atom. The highest BCUT2D eigenvalue weighted by Crippen LogP contribution is 2.38. The molecule has 1 fully saturated rings. The highest BCUT2D eigenvalue weighted by Gasteiger charge is 2.37. The number of hydrogen-bond donors (Lipinski definition) is 1. The minimum Gasteiger partial charge on any atom is -0.493 e. The van der Waals surface area contributed by atoms with Crippen LogP contribution < -0.4 is 19.7 Å². The van der Waals surface area contributed by atoms with E-state index < -0.39 is 17.8 Å². The number of benzene rings is 2. The van der Waals surface area contributed by atoms with Gasteiger partial charge < -0.3 is 9.47 Å². The summed E-state index contributed by atoms with van der Waals surface area (Å²) in [6.45, 7) is 7.71. The van der Waals surface area contributed by atoms with Gasteiger partial charge in [-0.05, 0) is 74.2 Å². The molecule has 1 heterocycles. The molecule has 4 amide bonds. The van der Waals surface area contributed by atoms with Gasteiger partial charge in [0.1, 0.15) is 5.57 Å². The maximum Gasteiger partial charge on any atom is 0.335 e. The summed E-state index contributed by atoms with van der Waals surface area (Å²) in [4.78, 5) is 39.0. The predicted molar refractivity (Wildman–Crippen MR) is 123 cm³/mol. The summed E-state index contributed by atoms with van der Waals surface area (Å²) in [5.41, 5.74) is 2.57. The maximum absolute atomic E-state index is 13.1. The summed E-state index contributed by atoms with van der Waals surface area (Å²) in [6.07, 6.45) is 2.08. The summed E-state index contributed by atoms with van der Waals surface area (Å²) in [5.74, 6) is -0.750. The molecule has 0 radical (unpaired) electrons. The van der Waals surface area contributed by atoms with Crippen LogP contribution in [0.1, 0.15) is 37.0 Å². The van der Waals surface area contributed by atoms with Gasteiger partial charge in [0.05, 0.1) is 23.9 Å². The van der Waals surface area contributed by atoms with Gasteiger partial charge >= 0.3 is 6.03 Å². The van der Waals surface area contributed by atoms with E-state index in [2.05, 4.69) is 5.32 Å². The number of imide groups is 2. The molecule has 0 bridgehead atoms. The SMILES string of the molecule is CC[C@@H](C)Oc1c(Cl)cc(/C=C2\C(=O)NC(=O)N(c3ccc(C)c(C)c3)C2=O)cc1OC. The molecule has 0 saturated carbocycles. The molecule has 0 aliphatic carbocycles. The molecule has 1 atom stereocenters. The second-order valence-corrected chi connectivity index (χ2v) is 8.00. The second-order valence-electron chi connectivity index (χ2n) is 7.60. The van der Waals surface area contributed by atoms with Crippen LogP contribution in [-0.2, 0) is 9.59 Å². The molecule has 1 N–H and O–H groups in total. The van der Waals surface area contributed by atoms with Crippen molar-refractivity contribution in [3.05, 3.63) is 57.6 Å². The van der Waals surface area contributed by atoms with E-state index >= 15 is 0 Å². The fourth-order valence-corrected chi connectivity index (χ4v) is 3.41. The molecule has 0 spiro atoms. The number of halogens is 1. The van der Waals surface area contributed by atoms with Crippen LogP contribution in [-0.4, -0.2) is 31.1 Å². The summed E-state index contributed by atoms with van der Waals surface area (Å²) < 4.78 is 11.2. The maximum atomic E-state index is 13.1. The average molecular weight is 457 g/mol. The predicted octanol–water partition coefficient (Wildman–Crippen LogP) is 4.81. The lowest BCUT2D eigenvalue weighted by Gasteiger charge is -2.27. The van der Waals surface area contributed by atoms with Gasteiger partial charge in [0.2, 0.25) is 0 Å². The van der Waals surface area contributed by atoms with Crippen molar-refractivity contribution < 1.29 is 23.9 Å². The molecule has 3 rings (SSSR count). The third kappa shape index (κ3) is 4.62. The molecule has 7 nitrogen and oxygen atoms in total. The van der Waals surface area contributed by atoms with E-state index in [1.165, 1.54) is 13.2 Å². The molecule has 168 valence electrons. The van der Waals surface area contributed by atoms with Gasteiger partial charge in [-0.2, -0.15) is 0 Å². The summed E-state index contributed by atoms with van der Waals surface area (Å²) in [7, 11) is 1.48. The van der Waals surface area contributed by atoms with Crippen LogP contribution in [0.3, 0.4) is 0 Å². The first-order chi connectivity index (χ1) is 15.2. The number of amides is 4. The smallest absolute Gasteiger partial charge is 0.335 e. The minimum atomic E-state index is -0.798. The van der Waals surface area contributed by atoms with Gasteiger partial charge in [0.25, 0.3) is 11.8 Å². The van der Waals surface area contributed by atoms with Crippen LogP contribution in [0.4, 0.5) is 10.5 Å². The lowest BCUT2D eigenvalue weighted by Crippen LogP contribution is -2.54. The molecule has 32 heavy (non-hydrogen) atoms. The number of methoxy groups -OCH3 is 1. The zero-order valence-electron chi connectivity index (χ0n) is 18.6. The fourth-order valence-electron chi connectivity index (χ4n) is 3.15. The average Bonchev–Trinajstić information content (AvgIpc) is 2.74. The van der Waals surface area contributed by atoms with E-state index in [4.69, 9.17) is 21.1 Å². The normalized spacial score (nSPS) is 16.2. The summed E-state index contributed by atoms with van der Waals surface area (Å²) in [5, 5.41) is 2.50. The van der Waals surface area contributed by atoms with Crippen LogP contribution in [0.5, 0.6) is 11.5 Å². The number of barbiturate groups is 1. The van der Waals surface area contributed by atoms with Gasteiger partial charge in [0.15, 0.2) is 11.5 Å². The van der Waals surface area contributed by atoms with Crippen molar-refractivity contribution in [3.63, 3.8) is 0 Å². The number of carbonyl (C=O) groups excluding carboxylic acids is 3. The monoisotopic (exact) mass is 456 g/mol. The van der Waals surface area contributed by atoms with E-state index in [0.717, 1.165) is 22.4 Å². The zero-order chi connectivity index (χ0) is 23.6. The lowest BCUT2D eigenvalue weighted by atomic mass is 10.0. The first-order valence-electron chi connectivity index (χ1n) is 10.2. The third-order valence-corrected chi connectivity index (χ3v) is 5.59. The Morgan fingerprint density at radius 2 is 1.84 bits per heavy atom. The summed E-state index contributed by atoms with van der Waals surface area (Å²) in [6, 6.07) is 7.59. The molecule has 2 aromatic carbocycles. The Hall–Kier alpha value is -3.32. The molecule has 1 aliphatic rings.